The highest BCUT2D eigenvalue weighted by Gasteiger charge is 2.23. The summed E-state index contributed by atoms with van der Waals surface area (Å²) >= 11 is 0. The largest absolute Gasteiger partial charge is 0.479 e. The molecular formula is C11H20N2O4. The van der Waals surface area contributed by atoms with Gasteiger partial charge in [0, 0.05) is 0 Å². The number of carbonyl (C=O) groups excluding carboxylic acids is 1. The lowest BCUT2D eigenvalue weighted by Crippen LogP contribution is -2.37. The summed E-state index contributed by atoms with van der Waals surface area (Å²) < 4.78 is 10.3. The van der Waals surface area contributed by atoms with Gasteiger partial charge in [0.05, 0.1) is 19.6 Å². The van der Waals surface area contributed by atoms with Crippen LogP contribution in [0.5, 0.6) is 0 Å². The van der Waals surface area contributed by atoms with Crippen molar-refractivity contribution in [3.63, 3.8) is 0 Å². The van der Waals surface area contributed by atoms with Crippen LogP contribution in [-0.2, 0) is 14.3 Å². The zero-order valence-electron chi connectivity index (χ0n) is 10.8. The fourth-order valence-corrected chi connectivity index (χ4v) is 1.28. The Hall–Kier alpha value is -1.46. The molecule has 6 nitrogen and oxygen atoms in total. The van der Waals surface area contributed by atoms with E-state index in [0.717, 1.165) is 0 Å². The van der Waals surface area contributed by atoms with Gasteiger partial charge in [0.15, 0.2) is 6.10 Å². The van der Waals surface area contributed by atoms with Crippen LogP contribution in [0.4, 0.5) is 4.79 Å². The van der Waals surface area contributed by atoms with Gasteiger partial charge >= 0.3 is 6.09 Å². The van der Waals surface area contributed by atoms with Crippen molar-refractivity contribution in [1.29, 1.82) is 0 Å². The first-order valence-corrected chi connectivity index (χ1v) is 5.73. The van der Waals surface area contributed by atoms with E-state index < -0.39 is 11.7 Å². The maximum absolute atomic E-state index is 11.4. The molecule has 1 aliphatic rings. The van der Waals surface area contributed by atoms with Gasteiger partial charge in [-0.15, -0.1) is 0 Å². The molecule has 0 aromatic rings. The Morgan fingerprint density at radius 2 is 2.29 bits per heavy atom. The lowest BCUT2D eigenvalue weighted by Gasteiger charge is -2.20. The first-order chi connectivity index (χ1) is 7.90. The van der Waals surface area contributed by atoms with Gasteiger partial charge in [0.2, 0.25) is 5.90 Å². The summed E-state index contributed by atoms with van der Waals surface area (Å²) in [4.78, 5) is 16.5. The van der Waals surface area contributed by atoms with Gasteiger partial charge in [-0.3, -0.25) is 0 Å². The van der Waals surface area contributed by atoms with Crippen molar-refractivity contribution in [2.45, 2.75) is 45.8 Å². The summed E-state index contributed by atoms with van der Waals surface area (Å²) in [6, 6.07) is 0. The van der Waals surface area contributed by atoms with Crippen molar-refractivity contribution in [2.75, 3.05) is 13.2 Å². The van der Waals surface area contributed by atoms with Crippen LogP contribution in [-0.4, -0.2) is 36.8 Å². The second-order valence-corrected chi connectivity index (χ2v) is 4.73. The van der Waals surface area contributed by atoms with Crippen LogP contribution in [0.25, 0.3) is 0 Å². The molecule has 0 radical (unpaired) electrons. The Kier molecular flexibility index (Phi) is 4.60. The van der Waals surface area contributed by atoms with E-state index in [1.54, 1.807) is 0 Å². The zero-order chi connectivity index (χ0) is 12.9. The predicted molar refractivity (Wildman–Crippen MR) is 62.8 cm³/mol. The fourth-order valence-electron chi connectivity index (χ4n) is 1.28. The number of amides is 1. The number of ether oxygens (including phenoxy) is 2. The quantitative estimate of drug-likeness (QED) is 0.819. The number of oxime groups is 1. The molecular weight excluding hydrogens is 224 g/mol. The number of hydrogen-bond donors (Lipinski definition) is 1. The Morgan fingerprint density at radius 1 is 1.59 bits per heavy atom. The summed E-state index contributed by atoms with van der Waals surface area (Å²) in [5, 5.41) is 6.39. The van der Waals surface area contributed by atoms with Crippen LogP contribution in [0.3, 0.4) is 0 Å². The van der Waals surface area contributed by atoms with Gasteiger partial charge in [-0.1, -0.05) is 5.16 Å². The predicted octanol–water partition coefficient (Wildman–Crippen LogP) is 1.65. The minimum atomic E-state index is -0.492. The SMILES string of the molecule is CCOC1=NOC(CNC(=O)OC(C)(C)C)C1. The minimum Gasteiger partial charge on any atom is -0.479 e. The minimum absolute atomic E-state index is 0.177. The number of rotatable bonds is 3. The third kappa shape index (κ3) is 5.42. The Bertz CT molecular complexity index is 296. The smallest absolute Gasteiger partial charge is 0.407 e. The van der Waals surface area contributed by atoms with Crippen LogP contribution in [0, 0.1) is 0 Å². The lowest BCUT2D eigenvalue weighted by molar-refractivity contribution is 0.0439. The van der Waals surface area contributed by atoms with Crippen molar-refractivity contribution in [2.24, 2.45) is 5.16 Å². The molecule has 0 aromatic heterocycles. The van der Waals surface area contributed by atoms with Gasteiger partial charge < -0.3 is 19.6 Å². The normalized spacial score (nSPS) is 19.3. The molecule has 0 saturated carbocycles. The molecule has 1 unspecified atom stereocenters. The molecule has 17 heavy (non-hydrogen) atoms. The van der Waals surface area contributed by atoms with Crippen LogP contribution < -0.4 is 5.32 Å². The number of hydrogen-bond acceptors (Lipinski definition) is 5. The van der Waals surface area contributed by atoms with Crippen molar-refractivity contribution in [3.05, 3.63) is 0 Å². The highest BCUT2D eigenvalue weighted by Crippen LogP contribution is 2.11. The molecule has 0 fully saturated rings. The van der Waals surface area contributed by atoms with Gasteiger partial charge in [-0.25, -0.2) is 4.79 Å². The van der Waals surface area contributed by atoms with Crippen LogP contribution in [0.2, 0.25) is 0 Å². The molecule has 0 saturated heterocycles. The highest BCUT2D eigenvalue weighted by molar-refractivity contribution is 5.77. The molecule has 0 aliphatic carbocycles. The van der Waals surface area contributed by atoms with E-state index >= 15 is 0 Å². The van der Waals surface area contributed by atoms with Crippen molar-refractivity contribution in [3.8, 4) is 0 Å². The summed E-state index contributed by atoms with van der Waals surface area (Å²) in [5.74, 6) is 0.573. The fraction of sp³-hybridized carbons (Fsp3) is 0.818. The third-order valence-corrected chi connectivity index (χ3v) is 1.89. The second kappa shape index (κ2) is 5.75. The molecule has 1 amide bonds. The zero-order valence-corrected chi connectivity index (χ0v) is 10.8. The summed E-state index contributed by atoms with van der Waals surface area (Å²) in [5.41, 5.74) is -0.492. The molecule has 1 atom stereocenters. The summed E-state index contributed by atoms with van der Waals surface area (Å²) in [6.45, 7) is 8.25. The van der Waals surface area contributed by atoms with E-state index in [-0.39, 0.29) is 6.10 Å². The standard InChI is InChI=1S/C11H20N2O4/c1-5-15-9-6-8(17-13-9)7-12-10(14)16-11(2,3)4/h8H,5-7H2,1-4H3,(H,12,14). The maximum Gasteiger partial charge on any atom is 0.407 e. The van der Waals surface area contributed by atoms with E-state index in [1.165, 1.54) is 0 Å². The molecule has 1 N–H and O–H groups in total. The number of alkyl carbamates (subject to hydrolysis) is 1. The van der Waals surface area contributed by atoms with E-state index in [1.807, 2.05) is 27.7 Å². The summed E-state index contributed by atoms with van der Waals surface area (Å²) in [6.07, 6.45) is -0.0566. The van der Waals surface area contributed by atoms with Gasteiger partial charge in [0.25, 0.3) is 0 Å². The van der Waals surface area contributed by atoms with Crippen molar-refractivity contribution < 1.29 is 19.1 Å². The molecule has 1 heterocycles. The molecule has 6 heteroatoms. The number of nitrogens with one attached hydrogen (secondary N) is 1. The average molecular weight is 244 g/mol. The van der Waals surface area contributed by atoms with E-state index in [4.69, 9.17) is 14.3 Å². The molecule has 0 spiro atoms. The van der Waals surface area contributed by atoms with Crippen LogP contribution >= 0.6 is 0 Å². The monoisotopic (exact) mass is 244 g/mol. The second-order valence-electron chi connectivity index (χ2n) is 4.73. The molecule has 1 aliphatic heterocycles. The molecule has 0 bridgehead atoms. The first-order valence-electron chi connectivity index (χ1n) is 5.73. The van der Waals surface area contributed by atoms with E-state index in [2.05, 4.69) is 10.5 Å². The first kappa shape index (κ1) is 13.6. The van der Waals surface area contributed by atoms with Gasteiger partial charge in [-0.2, -0.15) is 0 Å². The average Bonchev–Trinajstić information content (AvgIpc) is 2.61. The third-order valence-electron chi connectivity index (χ3n) is 1.89. The maximum atomic E-state index is 11.4. The Morgan fingerprint density at radius 3 is 2.88 bits per heavy atom. The number of carbonyl (C=O) groups is 1. The molecule has 1 rings (SSSR count). The van der Waals surface area contributed by atoms with Crippen LogP contribution in [0.15, 0.2) is 5.16 Å². The van der Waals surface area contributed by atoms with Gasteiger partial charge in [-0.05, 0) is 27.7 Å². The number of nitrogens with zero attached hydrogens (tertiary/aromatic N) is 1. The topological polar surface area (TPSA) is 69.2 Å². The van der Waals surface area contributed by atoms with Crippen molar-refractivity contribution >= 4 is 12.0 Å². The van der Waals surface area contributed by atoms with Gasteiger partial charge in [0.1, 0.15) is 5.60 Å². The van der Waals surface area contributed by atoms with E-state index in [0.29, 0.717) is 25.5 Å². The Balaban J connectivity index is 2.19. The van der Waals surface area contributed by atoms with Crippen LogP contribution in [0.1, 0.15) is 34.1 Å². The Labute approximate surface area is 101 Å². The van der Waals surface area contributed by atoms with E-state index in [9.17, 15) is 4.79 Å². The highest BCUT2D eigenvalue weighted by atomic mass is 16.7. The lowest BCUT2D eigenvalue weighted by atomic mass is 10.2. The van der Waals surface area contributed by atoms with Crippen molar-refractivity contribution in [1.82, 2.24) is 5.32 Å². The molecule has 0 aromatic carbocycles. The molecule has 98 valence electrons. The summed E-state index contributed by atoms with van der Waals surface area (Å²) in [7, 11) is 0.